The number of rotatable bonds is 6. The minimum Gasteiger partial charge on any atom is -0.497 e. The third kappa shape index (κ3) is 4.23. The van der Waals surface area contributed by atoms with E-state index in [-0.39, 0.29) is 5.41 Å². The standard InChI is InChI=1S/C29H29NOS/c1-31-27-10-5-9-26(21-27)29(25-14-12-24(13-15-25)28-11-6-20-32-28)16-18-30(19-17-29)22-23-7-3-2-4-8-23/h2-15,20-21H,16-19,22H2,1H3. The van der Waals surface area contributed by atoms with Gasteiger partial charge in [0.15, 0.2) is 0 Å². The molecular formula is C29H29NOS. The van der Waals surface area contributed by atoms with E-state index >= 15 is 0 Å². The molecule has 1 saturated heterocycles. The van der Waals surface area contributed by atoms with E-state index in [9.17, 15) is 0 Å². The highest BCUT2D eigenvalue weighted by molar-refractivity contribution is 7.13. The van der Waals surface area contributed by atoms with Crippen LogP contribution in [-0.2, 0) is 12.0 Å². The van der Waals surface area contributed by atoms with Gasteiger partial charge in [0.05, 0.1) is 7.11 Å². The van der Waals surface area contributed by atoms with Gasteiger partial charge in [0, 0.05) is 16.8 Å². The van der Waals surface area contributed by atoms with Crippen molar-refractivity contribution in [2.45, 2.75) is 24.8 Å². The predicted octanol–water partition coefficient (Wildman–Crippen LogP) is 7.01. The van der Waals surface area contributed by atoms with Gasteiger partial charge < -0.3 is 4.74 Å². The Morgan fingerprint density at radius 1 is 0.812 bits per heavy atom. The van der Waals surface area contributed by atoms with Crippen molar-refractivity contribution in [1.82, 2.24) is 4.90 Å². The van der Waals surface area contributed by atoms with Gasteiger partial charge in [-0.2, -0.15) is 0 Å². The summed E-state index contributed by atoms with van der Waals surface area (Å²) in [6.07, 6.45) is 2.21. The molecule has 0 radical (unpaired) electrons. The smallest absolute Gasteiger partial charge is 0.119 e. The molecule has 1 aliphatic rings. The van der Waals surface area contributed by atoms with Crippen LogP contribution in [-0.4, -0.2) is 25.1 Å². The number of hydrogen-bond acceptors (Lipinski definition) is 3. The summed E-state index contributed by atoms with van der Waals surface area (Å²) in [7, 11) is 1.75. The van der Waals surface area contributed by atoms with Gasteiger partial charge in [-0.3, -0.25) is 4.90 Å². The summed E-state index contributed by atoms with van der Waals surface area (Å²) in [5, 5.41) is 2.14. The van der Waals surface area contributed by atoms with E-state index in [1.54, 1.807) is 18.4 Å². The number of likely N-dealkylation sites (tertiary alicyclic amines) is 1. The van der Waals surface area contributed by atoms with Crippen LogP contribution >= 0.6 is 11.3 Å². The number of benzene rings is 3. The molecule has 0 spiro atoms. The van der Waals surface area contributed by atoms with Crippen LogP contribution in [0.5, 0.6) is 5.75 Å². The van der Waals surface area contributed by atoms with Crippen LogP contribution in [0.1, 0.15) is 29.5 Å². The predicted molar refractivity (Wildman–Crippen MR) is 134 cm³/mol. The molecule has 1 fully saturated rings. The fourth-order valence-electron chi connectivity index (χ4n) is 5.00. The maximum atomic E-state index is 5.59. The van der Waals surface area contributed by atoms with Crippen LogP contribution in [0.25, 0.3) is 10.4 Å². The molecule has 0 amide bonds. The molecule has 162 valence electrons. The van der Waals surface area contributed by atoms with Gasteiger partial charge in [0.25, 0.3) is 0 Å². The number of methoxy groups -OCH3 is 1. The highest BCUT2D eigenvalue weighted by Crippen LogP contribution is 2.43. The Hall–Kier alpha value is -2.88. The van der Waals surface area contributed by atoms with Gasteiger partial charge in [0.1, 0.15) is 5.75 Å². The van der Waals surface area contributed by atoms with Crippen LogP contribution in [0, 0.1) is 0 Å². The fourth-order valence-corrected chi connectivity index (χ4v) is 5.73. The van der Waals surface area contributed by atoms with Gasteiger partial charge in [-0.05, 0) is 71.8 Å². The first-order valence-corrected chi connectivity index (χ1v) is 12.2. The normalized spacial score (nSPS) is 16.0. The molecular weight excluding hydrogens is 410 g/mol. The number of nitrogens with zero attached hydrogens (tertiary/aromatic N) is 1. The van der Waals surface area contributed by atoms with Crippen molar-refractivity contribution in [3.05, 3.63) is 113 Å². The second kappa shape index (κ2) is 9.32. The zero-order chi connectivity index (χ0) is 21.8. The molecule has 0 bridgehead atoms. The van der Waals surface area contributed by atoms with Crippen LogP contribution in [0.3, 0.4) is 0 Å². The molecule has 1 aliphatic heterocycles. The monoisotopic (exact) mass is 439 g/mol. The van der Waals surface area contributed by atoms with E-state index in [0.717, 1.165) is 38.2 Å². The maximum Gasteiger partial charge on any atom is 0.119 e. The zero-order valence-electron chi connectivity index (χ0n) is 18.5. The van der Waals surface area contributed by atoms with Gasteiger partial charge in [-0.15, -0.1) is 11.3 Å². The molecule has 3 aromatic carbocycles. The van der Waals surface area contributed by atoms with Gasteiger partial charge in [-0.1, -0.05) is 72.8 Å². The third-order valence-electron chi connectivity index (χ3n) is 6.82. The Morgan fingerprint density at radius 3 is 2.28 bits per heavy atom. The quantitative estimate of drug-likeness (QED) is 0.320. The van der Waals surface area contributed by atoms with E-state index in [4.69, 9.17) is 4.74 Å². The van der Waals surface area contributed by atoms with E-state index < -0.39 is 0 Å². The van der Waals surface area contributed by atoms with Gasteiger partial charge in [0.2, 0.25) is 0 Å². The third-order valence-corrected chi connectivity index (χ3v) is 7.74. The first kappa shape index (κ1) is 21.0. The minimum atomic E-state index is 0.00963. The Morgan fingerprint density at radius 2 is 1.59 bits per heavy atom. The van der Waals surface area contributed by atoms with E-state index in [1.165, 1.54) is 27.1 Å². The van der Waals surface area contributed by atoms with Crippen LogP contribution < -0.4 is 4.74 Å². The molecule has 0 N–H and O–H groups in total. The zero-order valence-corrected chi connectivity index (χ0v) is 19.4. The van der Waals surface area contributed by atoms with Crippen LogP contribution in [0.4, 0.5) is 0 Å². The number of thiophene rings is 1. The highest BCUT2D eigenvalue weighted by Gasteiger charge is 2.38. The van der Waals surface area contributed by atoms with E-state index in [1.807, 2.05) is 6.07 Å². The maximum absolute atomic E-state index is 5.59. The second-order valence-corrected chi connectivity index (χ2v) is 9.58. The van der Waals surface area contributed by atoms with Crippen molar-refractivity contribution in [2.24, 2.45) is 0 Å². The SMILES string of the molecule is COc1cccc(C2(c3ccc(-c4cccs4)cc3)CCN(Cc3ccccc3)CC2)c1. The average Bonchev–Trinajstić information content (AvgIpc) is 3.41. The lowest BCUT2D eigenvalue weighted by atomic mass is 9.68. The number of hydrogen-bond donors (Lipinski definition) is 0. The molecule has 32 heavy (non-hydrogen) atoms. The summed E-state index contributed by atoms with van der Waals surface area (Å²) >= 11 is 1.80. The van der Waals surface area contributed by atoms with Crippen LogP contribution in [0.15, 0.2) is 96.4 Å². The molecule has 5 rings (SSSR count). The number of piperidine rings is 1. The minimum absolute atomic E-state index is 0.00963. The molecule has 3 heteroatoms. The molecule has 2 heterocycles. The van der Waals surface area contributed by atoms with Gasteiger partial charge in [-0.25, -0.2) is 0 Å². The largest absolute Gasteiger partial charge is 0.497 e. The fraction of sp³-hybridized carbons (Fsp3) is 0.241. The molecule has 0 aliphatic carbocycles. The second-order valence-electron chi connectivity index (χ2n) is 8.63. The summed E-state index contributed by atoms with van der Waals surface area (Å²) in [6, 6.07) is 33.1. The lowest BCUT2D eigenvalue weighted by Crippen LogP contribution is -2.43. The Kier molecular flexibility index (Phi) is 6.11. The summed E-state index contributed by atoms with van der Waals surface area (Å²) in [5.41, 5.74) is 5.47. The first-order valence-electron chi connectivity index (χ1n) is 11.3. The van der Waals surface area contributed by atoms with Crippen molar-refractivity contribution in [2.75, 3.05) is 20.2 Å². The molecule has 0 saturated carbocycles. The molecule has 0 atom stereocenters. The van der Waals surface area contributed by atoms with Crippen LogP contribution in [0.2, 0.25) is 0 Å². The summed E-state index contributed by atoms with van der Waals surface area (Å²) in [4.78, 5) is 3.91. The van der Waals surface area contributed by atoms with Crippen molar-refractivity contribution in [3.8, 4) is 16.2 Å². The highest BCUT2D eigenvalue weighted by atomic mass is 32.1. The van der Waals surface area contributed by atoms with Crippen molar-refractivity contribution < 1.29 is 4.74 Å². The Balaban J connectivity index is 1.45. The van der Waals surface area contributed by atoms with Gasteiger partial charge >= 0.3 is 0 Å². The average molecular weight is 440 g/mol. The summed E-state index contributed by atoms with van der Waals surface area (Å²) < 4.78 is 5.59. The lowest BCUT2D eigenvalue weighted by molar-refractivity contribution is 0.172. The van der Waals surface area contributed by atoms with Crippen molar-refractivity contribution in [3.63, 3.8) is 0 Å². The Labute approximate surface area is 195 Å². The summed E-state index contributed by atoms with van der Waals surface area (Å²) in [6.45, 7) is 3.18. The number of ether oxygens (including phenoxy) is 1. The van der Waals surface area contributed by atoms with E-state index in [2.05, 4.69) is 95.2 Å². The van der Waals surface area contributed by atoms with Crippen molar-refractivity contribution in [1.29, 1.82) is 0 Å². The lowest BCUT2D eigenvalue weighted by Gasteiger charge is -2.43. The Bertz CT molecular complexity index is 1130. The van der Waals surface area contributed by atoms with Crippen molar-refractivity contribution >= 4 is 11.3 Å². The first-order chi connectivity index (χ1) is 15.8. The molecule has 1 aromatic heterocycles. The molecule has 4 aromatic rings. The molecule has 2 nitrogen and oxygen atoms in total. The topological polar surface area (TPSA) is 12.5 Å². The summed E-state index contributed by atoms with van der Waals surface area (Å²) in [5.74, 6) is 0.934. The van der Waals surface area contributed by atoms with E-state index in [0.29, 0.717) is 0 Å². The molecule has 0 unspecified atom stereocenters.